The van der Waals surface area contributed by atoms with E-state index in [1.807, 2.05) is 0 Å². The van der Waals surface area contributed by atoms with E-state index in [9.17, 15) is 18.4 Å². The Morgan fingerprint density at radius 2 is 1.90 bits per heavy atom. The minimum Gasteiger partial charge on any atom is -0.388 e. The van der Waals surface area contributed by atoms with Crippen LogP contribution in [0.4, 0.5) is 8.78 Å². The first-order valence-corrected chi connectivity index (χ1v) is 3.21. The highest BCUT2D eigenvalue weighted by Crippen LogP contribution is 2.23. The van der Waals surface area contributed by atoms with Gasteiger partial charge < -0.3 is 4.74 Å². The first-order chi connectivity index (χ1) is 4.34. The van der Waals surface area contributed by atoms with E-state index in [-0.39, 0.29) is 0 Å². The summed E-state index contributed by atoms with van der Waals surface area (Å²) in [7, 11) is 0. The van der Waals surface area contributed by atoms with Crippen molar-refractivity contribution in [1.82, 2.24) is 0 Å². The summed E-state index contributed by atoms with van der Waals surface area (Å²) in [6.45, 7) is 0.875. The molecule has 0 amide bonds. The number of hydrogen-bond donors (Lipinski definition) is 0. The fourth-order valence-corrected chi connectivity index (χ4v) is 0.299. The van der Waals surface area contributed by atoms with Gasteiger partial charge in [-0.05, 0) is 0 Å². The minimum atomic E-state index is -3.62. The Kier molecular flexibility index (Phi) is 3.13. The Balaban J connectivity index is 3.99. The van der Waals surface area contributed by atoms with Crippen molar-refractivity contribution < 1.29 is 23.1 Å². The molecule has 0 aliphatic heterocycles. The third-order valence-electron chi connectivity index (χ3n) is 0.468. The van der Waals surface area contributed by atoms with Gasteiger partial charge in [-0.2, -0.15) is 8.78 Å². The van der Waals surface area contributed by atoms with E-state index in [0.717, 1.165) is 6.92 Å². The SMILES string of the molecule is CC(=O)OC(=O)C(F)(F)I. The molecule has 0 heterocycles. The highest BCUT2D eigenvalue weighted by Gasteiger charge is 2.37. The van der Waals surface area contributed by atoms with Gasteiger partial charge in [0.1, 0.15) is 0 Å². The fourth-order valence-electron chi connectivity index (χ4n) is 0.188. The Morgan fingerprint density at radius 3 is 2.00 bits per heavy atom. The van der Waals surface area contributed by atoms with Crippen LogP contribution in [0.1, 0.15) is 6.92 Å². The topological polar surface area (TPSA) is 43.4 Å². The van der Waals surface area contributed by atoms with Gasteiger partial charge >= 0.3 is 15.9 Å². The van der Waals surface area contributed by atoms with Gasteiger partial charge in [-0.1, -0.05) is 0 Å². The van der Waals surface area contributed by atoms with Crippen molar-refractivity contribution in [3.63, 3.8) is 0 Å². The molecule has 0 fully saturated rings. The predicted molar refractivity (Wildman–Crippen MR) is 35.7 cm³/mol. The summed E-state index contributed by atoms with van der Waals surface area (Å²) in [4.78, 5) is 20.0. The fraction of sp³-hybridized carbons (Fsp3) is 0.500. The summed E-state index contributed by atoms with van der Waals surface area (Å²) >= 11 is 0.576. The Morgan fingerprint density at radius 1 is 1.50 bits per heavy atom. The zero-order valence-corrected chi connectivity index (χ0v) is 7.02. The molecule has 0 saturated heterocycles. The summed E-state index contributed by atoms with van der Waals surface area (Å²) < 4.78 is 23.6. The van der Waals surface area contributed by atoms with Crippen LogP contribution in [0.25, 0.3) is 0 Å². The molecule has 10 heavy (non-hydrogen) atoms. The second-order valence-electron chi connectivity index (χ2n) is 1.38. The molecule has 3 nitrogen and oxygen atoms in total. The normalized spacial score (nSPS) is 10.8. The van der Waals surface area contributed by atoms with Crippen molar-refractivity contribution in [1.29, 1.82) is 0 Å². The maximum atomic E-state index is 11.8. The van der Waals surface area contributed by atoms with E-state index in [4.69, 9.17) is 0 Å². The summed E-state index contributed by atoms with van der Waals surface area (Å²) in [6, 6.07) is 0. The van der Waals surface area contributed by atoms with Gasteiger partial charge in [0.15, 0.2) is 0 Å². The first kappa shape index (κ1) is 9.73. The smallest absolute Gasteiger partial charge is 0.388 e. The molecule has 0 atom stereocenters. The maximum Gasteiger partial charge on any atom is 0.395 e. The van der Waals surface area contributed by atoms with Crippen LogP contribution in [0.5, 0.6) is 0 Å². The molecule has 0 N–H and O–H groups in total. The van der Waals surface area contributed by atoms with Gasteiger partial charge in [0.25, 0.3) is 0 Å². The molecule has 0 aliphatic rings. The van der Waals surface area contributed by atoms with Crippen LogP contribution in [0, 0.1) is 0 Å². The van der Waals surface area contributed by atoms with Gasteiger partial charge in [-0.25, -0.2) is 4.79 Å². The number of ether oxygens (including phenoxy) is 1. The van der Waals surface area contributed by atoms with Crippen molar-refractivity contribution in [3.05, 3.63) is 0 Å². The van der Waals surface area contributed by atoms with E-state index in [1.54, 1.807) is 0 Å². The van der Waals surface area contributed by atoms with Crippen LogP contribution in [-0.4, -0.2) is 15.9 Å². The van der Waals surface area contributed by atoms with Crippen molar-refractivity contribution in [2.24, 2.45) is 0 Å². The largest absolute Gasteiger partial charge is 0.395 e. The van der Waals surface area contributed by atoms with Gasteiger partial charge in [0.05, 0.1) is 0 Å². The van der Waals surface area contributed by atoms with Gasteiger partial charge in [0, 0.05) is 29.5 Å². The number of carbonyl (C=O) groups is 2. The number of alkyl halides is 3. The molecule has 0 aromatic carbocycles. The third-order valence-corrected chi connectivity index (χ3v) is 0.908. The quantitative estimate of drug-likeness (QED) is 0.308. The highest BCUT2D eigenvalue weighted by molar-refractivity contribution is 14.1. The van der Waals surface area contributed by atoms with Crippen LogP contribution < -0.4 is 0 Å². The molecule has 0 unspecified atom stereocenters. The van der Waals surface area contributed by atoms with Crippen LogP contribution in [0.2, 0.25) is 0 Å². The third kappa shape index (κ3) is 3.70. The number of hydrogen-bond acceptors (Lipinski definition) is 3. The average molecular weight is 264 g/mol. The molecule has 0 radical (unpaired) electrons. The van der Waals surface area contributed by atoms with E-state index >= 15 is 0 Å². The molecule has 0 aromatic rings. The Labute approximate surface area is 68.9 Å². The molecule has 6 heteroatoms. The molecule has 0 aliphatic carbocycles. The van der Waals surface area contributed by atoms with Gasteiger partial charge in [0.2, 0.25) is 0 Å². The highest BCUT2D eigenvalue weighted by atomic mass is 127. The van der Waals surface area contributed by atoms with E-state index < -0.39 is 15.9 Å². The van der Waals surface area contributed by atoms with Crippen molar-refractivity contribution in [2.75, 3.05) is 0 Å². The summed E-state index contributed by atoms with van der Waals surface area (Å²) in [6.07, 6.45) is 0. The van der Waals surface area contributed by atoms with E-state index in [1.165, 1.54) is 0 Å². The zero-order chi connectivity index (χ0) is 8.36. The predicted octanol–water partition coefficient (Wildman–Crippen LogP) is 1.10. The van der Waals surface area contributed by atoms with Crippen LogP contribution in [-0.2, 0) is 14.3 Å². The molecular weight excluding hydrogens is 261 g/mol. The molecule has 0 spiro atoms. The molecule has 58 valence electrons. The standard InChI is InChI=1S/C4H3F2IO3/c1-2(8)10-3(9)4(5,6)7/h1H3. The molecule has 0 bridgehead atoms. The van der Waals surface area contributed by atoms with Gasteiger partial charge in [-0.15, -0.1) is 0 Å². The molecular formula is C4H3F2IO3. The van der Waals surface area contributed by atoms with E-state index in [0.29, 0.717) is 22.6 Å². The lowest BCUT2D eigenvalue weighted by Crippen LogP contribution is -2.25. The molecule has 0 aromatic heterocycles. The van der Waals surface area contributed by atoms with Crippen molar-refractivity contribution in [2.45, 2.75) is 10.9 Å². The van der Waals surface area contributed by atoms with Crippen LogP contribution >= 0.6 is 22.6 Å². The summed E-state index contributed by atoms with van der Waals surface area (Å²) in [5.74, 6) is -2.87. The minimum absolute atomic E-state index is 0.576. The Bertz CT molecular complexity index is 162. The monoisotopic (exact) mass is 264 g/mol. The summed E-state index contributed by atoms with van der Waals surface area (Å²) in [5, 5.41) is 0. The number of esters is 2. The maximum absolute atomic E-state index is 11.8. The lowest BCUT2D eigenvalue weighted by atomic mass is 10.7. The second kappa shape index (κ2) is 3.22. The lowest BCUT2D eigenvalue weighted by Gasteiger charge is -2.03. The van der Waals surface area contributed by atoms with Crippen molar-refractivity contribution in [3.8, 4) is 0 Å². The number of halogens is 3. The summed E-state index contributed by atoms with van der Waals surface area (Å²) in [5.41, 5.74) is 0. The molecule has 0 rings (SSSR count). The number of rotatable bonds is 1. The first-order valence-electron chi connectivity index (χ1n) is 2.13. The average Bonchev–Trinajstić information content (AvgIpc) is 1.60. The van der Waals surface area contributed by atoms with E-state index in [2.05, 4.69) is 4.74 Å². The second-order valence-corrected chi connectivity index (χ2v) is 2.73. The lowest BCUT2D eigenvalue weighted by molar-refractivity contribution is -0.167. The Hall–Kier alpha value is -0.270. The van der Waals surface area contributed by atoms with Crippen molar-refractivity contribution >= 4 is 34.5 Å². The van der Waals surface area contributed by atoms with Crippen LogP contribution in [0.15, 0.2) is 0 Å². The zero-order valence-electron chi connectivity index (χ0n) is 4.86. The number of carbonyl (C=O) groups excluding carboxylic acids is 2. The molecule has 0 saturated carbocycles. The van der Waals surface area contributed by atoms with Crippen LogP contribution in [0.3, 0.4) is 0 Å². The van der Waals surface area contributed by atoms with Gasteiger partial charge in [-0.3, -0.25) is 4.79 Å².